The molecule has 0 atom stereocenters. The second kappa shape index (κ2) is 5.03. The number of rotatable bonds is 4. The van der Waals surface area contributed by atoms with Crippen molar-refractivity contribution in [2.24, 2.45) is 0 Å². The zero-order valence-corrected chi connectivity index (χ0v) is 10.8. The molecule has 0 spiro atoms. The number of nitrogens with zero attached hydrogens (tertiary/aromatic N) is 3. The van der Waals surface area contributed by atoms with Crippen LogP contribution in [0.1, 0.15) is 32.6 Å². The molecule has 0 aliphatic carbocycles. The van der Waals surface area contributed by atoms with Gasteiger partial charge in [0.1, 0.15) is 11.6 Å². The van der Waals surface area contributed by atoms with E-state index in [-0.39, 0.29) is 5.56 Å². The first-order valence-corrected chi connectivity index (χ1v) is 6.00. The minimum absolute atomic E-state index is 0.152. The molecule has 2 rings (SSSR count). The van der Waals surface area contributed by atoms with Gasteiger partial charge in [-0.25, -0.2) is 4.98 Å². The summed E-state index contributed by atoms with van der Waals surface area (Å²) in [4.78, 5) is 18.4. The zero-order valence-electron chi connectivity index (χ0n) is 10.8. The molecule has 0 radical (unpaired) electrons. The van der Waals surface area contributed by atoms with E-state index in [0.717, 1.165) is 5.69 Å². The van der Waals surface area contributed by atoms with Gasteiger partial charge in [-0.2, -0.15) is 5.10 Å². The Morgan fingerprint density at radius 3 is 2.89 bits per heavy atom. The quantitative estimate of drug-likeness (QED) is 0.864. The van der Waals surface area contributed by atoms with Crippen LogP contribution in [0.15, 0.2) is 23.3 Å². The number of H-pyrrole nitrogens is 1. The molecule has 18 heavy (non-hydrogen) atoms. The highest BCUT2D eigenvalue weighted by Crippen LogP contribution is 2.14. The highest BCUT2D eigenvalue weighted by atomic mass is 16.1. The number of aromatic amines is 1. The number of nitrogens with one attached hydrogen (secondary N) is 2. The number of anilines is 2. The van der Waals surface area contributed by atoms with E-state index < -0.39 is 0 Å². The predicted molar refractivity (Wildman–Crippen MR) is 70.1 cm³/mol. The third-order valence-electron chi connectivity index (χ3n) is 2.53. The van der Waals surface area contributed by atoms with Crippen LogP contribution in [-0.2, 0) is 6.42 Å². The van der Waals surface area contributed by atoms with E-state index in [1.807, 2.05) is 17.8 Å². The first-order chi connectivity index (χ1) is 8.58. The lowest BCUT2D eigenvalue weighted by atomic mass is 10.4. The maximum Gasteiger partial charge on any atom is 0.252 e. The third kappa shape index (κ3) is 2.77. The molecule has 0 saturated carbocycles. The first kappa shape index (κ1) is 12.3. The van der Waals surface area contributed by atoms with Crippen molar-refractivity contribution in [3.05, 3.63) is 34.6 Å². The van der Waals surface area contributed by atoms with Crippen molar-refractivity contribution in [2.45, 2.75) is 33.2 Å². The molecule has 2 N–H and O–H groups in total. The largest absolute Gasteiger partial charge is 0.337 e. The molecule has 2 aromatic rings. The van der Waals surface area contributed by atoms with E-state index in [9.17, 15) is 4.79 Å². The highest BCUT2D eigenvalue weighted by Gasteiger charge is 2.04. The molecule has 0 bridgehead atoms. The van der Waals surface area contributed by atoms with Gasteiger partial charge in [0.05, 0.1) is 11.9 Å². The Morgan fingerprint density at radius 1 is 1.50 bits per heavy atom. The highest BCUT2D eigenvalue weighted by molar-refractivity contribution is 5.53. The van der Waals surface area contributed by atoms with Gasteiger partial charge in [-0.3, -0.25) is 9.48 Å². The summed E-state index contributed by atoms with van der Waals surface area (Å²) in [6, 6.07) is 1.74. The third-order valence-corrected chi connectivity index (χ3v) is 2.53. The summed E-state index contributed by atoms with van der Waals surface area (Å²) < 4.78 is 1.84. The summed E-state index contributed by atoms with van der Waals surface area (Å²) in [5.41, 5.74) is 0.671. The molecule has 2 heterocycles. The fraction of sp³-hybridized carbons (Fsp3) is 0.417. The number of hydrogen-bond donors (Lipinski definition) is 2. The van der Waals surface area contributed by atoms with Gasteiger partial charge in [0.2, 0.25) is 0 Å². The fourth-order valence-corrected chi connectivity index (χ4v) is 1.57. The molecule has 0 amide bonds. The predicted octanol–water partition coefficient (Wildman–Crippen LogP) is 1.85. The SMILES string of the molecule is CCc1nc(Nc2cnn(C(C)C)c2)cc(=O)[nH]1. The summed E-state index contributed by atoms with van der Waals surface area (Å²) in [5.74, 6) is 1.21. The Kier molecular flexibility index (Phi) is 3.45. The summed E-state index contributed by atoms with van der Waals surface area (Å²) in [6.07, 6.45) is 4.30. The standard InChI is InChI=1S/C12H17N5O/c1-4-10-15-11(5-12(18)16-10)14-9-6-13-17(7-9)8(2)3/h5-8H,4H2,1-3H3,(H2,14,15,16,18). The molecular weight excluding hydrogens is 230 g/mol. The van der Waals surface area contributed by atoms with Gasteiger partial charge in [-0.1, -0.05) is 6.92 Å². The lowest BCUT2D eigenvalue weighted by Crippen LogP contribution is -2.11. The van der Waals surface area contributed by atoms with E-state index in [1.54, 1.807) is 6.20 Å². The molecule has 6 nitrogen and oxygen atoms in total. The van der Waals surface area contributed by atoms with Gasteiger partial charge >= 0.3 is 0 Å². The second-order valence-electron chi connectivity index (χ2n) is 4.36. The number of aryl methyl sites for hydroxylation is 1. The van der Waals surface area contributed by atoms with Crippen LogP contribution >= 0.6 is 0 Å². The molecule has 0 aromatic carbocycles. The minimum atomic E-state index is -0.152. The van der Waals surface area contributed by atoms with Gasteiger partial charge in [-0.15, -0.1) is 0 Å². The van der Waals surface area contributed by atoms with Gasteiger partial charge in [0, 0.05) is 24.7 Å². The van der Waals surface area contributed by atoms with Crippen LogP contribution in [0.5, 0.6) is 0 Å². The van der Waals surface area contributed by atoms with Crippen LogP contribution in [0.25, 0.3) is 0 Å². The van der Waals surface area contributed by atoms with E-state index in [2.05, 4.69) is 34.2 Å². The normalized spacial score (nSPS) is 10.9. The Hall–Kier alpha value is -2.11. The van der Waals surface area contributed by atoms with E-state index in [0.29, 0.717) is 24.1 Å². The zero-order chi connectivity index (χ0) is 13.1. The smallest absolute Gasteiger partial charge is 0.252 e. The van der Waals surface area contributed by atoms with Crippen LogP contribution in [0.4, 0.5) is 11.5 Å². The molecule has 0 saturated heterocycles. The molecule has 0 aliphatic heterocycles. The first-order valence-electron chi connectivity index (χ1n) is 6.00. The summed E-state index contributed by atoms with van der Waals surface area (Å²) in [7, 11) is 0. The molecule has 2 aromatic heterocycles. The lowest BCUT2D eigenvalue weighted by Gasteiger charge is -2.05. The van der Waals surface area contributed by atoms with Gasteiger partial charge < -0.3 is 10.3 Å². The fourth-order valence-electron chi connectivity index (χ4n) is 1.57. The number of aromatic nitrogens is 4. The van der Waals surface area contributed by atoms with Gasteiger partial charge in [-0.05, 0) is 13.8 Å². The maximum atomic E-state index is 11.4. The average molecular weight is 247 g/mol. The summed E-state index contributed by atoms with van der Waals surface area (Å²) in [5, 5.41) is 7.30. The van der Waals surface area contributed by atoms with Crippen molar-refractivity contribution in [2.75, 3.05) is 5.32 Å². The van der Waals surface area contributed by atoms with Crippen LogP contribution in [0.2, 0.25) is 0 Å². The van der Waals surface area contributed by atoms with E-state index >= 15 is 0 Å². The Balaban J connectivity index is 2.22. The van der Waals surface area contributed by atoms with E-state index in [1.165, 1.54) is 6.07 Å². The molecule has 96 valence electrons. The van der Waals surface area contributed by atoms with Crippen molar-refractivity contribution in [1.82, 2.24) is 19.7 Å². The average Bonchev–Trinajstić information content (AvgIpc) is 2.76. The van der Waals surface area contributed by atoms with Crippen molar-refractivity contribution in [1.29, 1.82) is 0 Å². The molecule has 0 fully saturated rings. The second-order valence-corrected chi connectivity index (χ2v) is 4.36. The van der Waals surface area contributed by atoms with Crippen molar-refractivity contribution >= 4 is 11.5 Å². The molecule has 6 heteroatoms. The summed E-state index contributed by atoms with van der Waals surface area (Å²) >= 11 is 0. The van der Waals surface area contributed by atoms with Crippen molar-refractivity contribution < 1.29 is 0 Å². The minimum Gasteiger partial charge on any atom is -0.337 e. The van der Waals surface area contributed by atoms with Crippen molar-refractivity contribution in [3.63, 3.8) is 0 Å². The van der Waals surface area contributed by atoms with Crippen LogP contribution in [-0.4, -0.2) is 19.7 Å². The van der Waals surface area contributed by atoms with E-state index in [4.69, 9.17) is 0 Å². The van der Waals surface area contributed by atoms with Crippen molar-refractivity contribution in [3.8, 4) is 0 Å². The monoisotopic (exact) mass is 247 g/mol. The van der Waals surface area contributed by atoms with Crippen LogP contribution in [0.3, 0.4) is 0 Å². The van der Waals surface area contributed by atoms with Crippen LogP contribution < -0.4 is 10.9 Å². The Bertz CT molecular complexity index is 584. The Morgan fingerprint density at radius 2 is 2.28 bits per heavy atom. The topological polar surface area (TPSA) is 75.6 Å². The molecule has 0 aliphatic rings. The Labute approximate surface area is 105 Å². The van der Waals surface area contributed by atoms with Gasteiger partial charge in [0.15, 0.2) is 0 Å². The molecule has 0 unspecified atom stereocenters. The lowest BCUT2D eigenvalue weighted by molar-refractivity contribution is 0.532. The van der Waals surface area contributed by atoms with Gasteiger partial charge in [0.25, 0.3) is 5.56 Å². The number of hydrogen-bond acceptors (Lipinski definition) is 4. The van der Waals surface area contributed by atoms with Crippen LogP contribution in [0, 0.1) is 0 Å². The summed E-state index contributed by atoms with van der Waals surface area (Å²) in [6.45, 7) is 6.05. The maximum absolute atomic E-state index is 11.4. The molecular formula is C12H17N5O.